The maximum atomic E-state index is 11.4. The molecule has 4 atom stereocenters. The van der Waals surface area contributed by atoms with Crippen molar-refractivity contribution in [3.05, 3.63) is 35.9 Å². The lowest BCUT2D eigenvalue weighted by Crippen LogP contribution is -2.53. The van der Waals surface area contributed by atoms with Crippen LogP contribution in [0.3, 0.4) is 0 Å². The average Bonchev–Trinajstić information content (AvgIpc) is 2.56. The van der Waals surface area contributed by atoms with Crippen LogP contribution in [0, 0.1) is 5.41 Å². The first kappa shape index (κ1) is 19.9. The lowest BCUT2D eigenvalue weighted by Gasteiger charge is -2.47. The number of rotatable bonds is 7. The molecule has 0 aromatic heterocycles. The molecule has 1 aromatic rings. The summed E-state index contributed by atoms with van der Waals surface area (Å²) in [4.78, 5) is 11.4. The Hall–Kier alpha value is -1.43. The maximum Gasteiger partial charge on any atom is 0.304 e. The van der Waals surface area contributed by atoms with Crippen LogP contribution < -0.4 is 0 Å². The number of ether oxygens (including phenoxy) is 3. The molecule has 0 bridgehead atoms. The molecule has 1 heterocycles. The van der Waals surface area contributed by atoms with E-state index in [0.717, 1.165) is 5.56 Å². The van der Waals surface area contributed by atoms with E-state index in [1.807, 2.05) is 37.3 Å². The van der Waals surface area contributed by atoms with Crippen molar-refractivity contribution >= 4 is 5.97 Å². The highest BCUT2D eigenvalue weighted by molar-refractivity contribution is 5.66. The molecule has 1 aromatic carbocycles. The molecule has 5 heteroatoms. The summed E-state index contributed by atoms with van der Waals surface area (Å²) in [7, 11) is 0. The standard InChI is InChI=1S/C20H30O5/c1-5-16(22)11-18-20(3,4)17(12-19(25-18)24-14(2)21)23-13-15-9-7-6-8-10-15/h6-10,16-19,22H,5,11-13H2,1-4H3/t16?,17-,18-,19-/m1/s1. The first-order valence-electron chi connectivity index (χ1n) is 8.99. The number of aliphatic hydroxyl groups excluding tert-OH is 1. The van der Waals surface area contributed by atoms with Crippen LogP contribution in [-0.4, -0.2) is 35.7 Å². The van der Waals surface area contributed by atoms with E-state index in [-0.39, 0.29) is 23.6 Å². The Labute approximate surface area is 150 Å². The number of carbonyl (C=O) groups excluding carboxylic acids is 1. The SMILES string of the molecule is CCC(O)C[C@H]1O[C@@H](OC(C)=O)C[C@@H](OCc2ccccc2)C1(C)C. The molecule has 0 aliphatic carbocycles. The van der Waals surface area contributed by atoms with Gasteiger partial charge in [0.25, 0.3) is 0 Å². The van der Waals surface area contributed by atoms with Crippen LogP contribution in [0.25, 0.3) is 0 Å². The van der Waals surface area contributed by atoms with Gasteiger partial charge in [-0.15, -0.1) is 0 Å². The highest BCUT2D eigenvalue weighted by Gasteiger charge is 2.47. The lowest BCUT2D eigenvalue weighted by molar-refractivity contribution is -0.264. The van der Waals surface area contributed by atoms with Gasteiger partial charge in [0, 0.05) is 25.2 Å². The fourth-order valence-corrected chi connectivity index (χ4v) is 3.19. The van der Waals surface area contributed by atoms with E-state index in [0.29, 0.717) is 25.9 Å². The van der Waals surface area contributed by atoms with Crippen LogP contribution >= 0.6 is 0 Å². The minimum Gasteiger partial charge on any atom is -0.436 e. The van der Waals surface area contributed by atoms with Crippen LogP contribution in [0.1, 0.15) is 52.5 Å². The zero-order valence-corrected chi connectivity index (χ0v) is 15.6. The van der Waals surface area contributed by atoms with Gasteiger partial charge in [0.1, 0.15) is 0 Å². The van der Waals surface area contributed by atoms with Crippen LogP contribution in [-0.2, 0) is 25.6 Å². The topological polar surface area (TPSA) is 65.0 Å². The predicted octanol–water partition coefficient (Wildman–Crippen LogP) is 3.44. The highest BCUT2D eigenvalue weighted by Crippen LogP contribution is 2.41. The van der Waals surface area contributed by atoms with Gasteiger partial charge in [-0.3, -0.25) is 4.79 Å². The van der Waals surface area contributed by atoms with Gasteiger partial charge in [-0.25, -0.2) is 0 Å². The van der Waals surface area contributed by atoms with Crippen molar-refractivity contribution < 1.29 is 24.1 Å². The molecule has 140 valence electrons. The largest absolute Gasteiger partial charge is 0.436 e. The number of hydrogen-bond acceptors (Lipinski definition) is 5. The zero-order chi connectivity index (χ0) is 18.4. The third-order valence-corrected chi connectivity index (χ3v) is 4.93. The maximum absolute atomic E-state index is 11.4. The van der Waals surface area contributed by atoms with E-state index in [2.05, 4.69) is 13.8 Å². The molecule has 1 N–H and O–H groups in total. The number of carbonyl (C=O) groups is 1. The molecule has 2 rings (SSSR count). The molecule has 1 fully saturated rings. The van der Waals surface area contributed by atoms with E-state index >= 15 is 0 Å². The summed E-state index contributed by atoms with van der Waals surface area (Å²) in [6, 6.07) is 9.98. The molecular formula is C20H30O5. The predicted molar refractivity (Wildman–Crippen MR) is 94.8 cm³/mol. The second kappa shape index (κ2) is 8.79. The average molecular weight is 350 g/mol. The third kappa shape index (κ3) is 5.53. The van der Waals surface area contributed by atoms with Crippen molar-refractivity contribution in [2.75, 3.05) is 0 Å². The van der Waals surface area contributed by atoms with E-state index in [9.17, 15) is 9.90 Å². The van der Waals surface area contributed by atoms with Crippen molar-refractivity contribution in [2.45, 2.75) is 78.2 Å². The van der Waals surface area contributed by atoms with Gasteiger partial charge < -0.3 is 19.3 Å². The van der Waals surface area contributed by atoms with E-state index in [1.54, 1.807) is 0 Å². The number of hydrogen-bond donors (Lipinski definition) is 1. The molecule has 0 saturated carbocycles. The second-order valence-corrected chi connectivity index (χ2v) is 7.30. The Morgan fingerprint density at radius 1 is 1.36 bits per heavy atom. The van der Waals surface area contributed by atoms with Crippen molar-refractivity contribution in [1.29, 1.82) is 0 Å². The highest BCUT2D eigenvalue weighted by atomic mass is 16.7. The molecule has 25 heavy (non-hydrogen) atoms. The van der Waals surface area contributed by atoms with Crippen LogP contribution in [0.5, 0.6) is 0 Å². The lowest BCUT2D eigenvalue weighted by atomic mass is 9.75. The number of esters is 1. The molecule has 0 amide bonds. The number of aliphatic hydroxyl groups is 1. The molecule has 5 nitrogen and oxygen atoms in total. The molecule has 1 unspecified atom stereocenters. The van der Waals surface area contributed by atoms with Gasteiger partial charge in [0.15, 0.2) is 0 Å². The minimum absolute atomic E-state index is 0.139. The van der Waals surface area contributed by atoms with Gasteiger partial charge in [-0.2, -0.15) is 0 Å². The molecule has 0 spiro atoms. The summed E-state index contributed by atoms with van der Waals surface area (Å²) in [6.07, 6.45) is 0.158. The first-order chi connectivity index (χ1) is 11.8. The Morgan fingerprint density at radius 3 is 2.64 bits per heavy atom. The van der Waals surface area contributed by atoms with Gasteiger partial charge in [-0.05, 0) is 12.0 Å². The first-order valence-corrected chi connectivity index (χ1v) is 8.99. The van der Waals surface area contributed by atoms with Crippen molar-refractivity contribution in [2.24, 2.45) is 5.41 Å². The van der Waals surface area contributed by atoms with Crippen LogP contribution in [0.15, 0.2) is 30.3 Å². The zero-order valence-electron chi connectivity index (χ0n) is 15.6. The van der Waals surface area contributed by atoms with Gasteiger partial charge >= 0.3 is 5.97 Å². The second-order valence-electron chi connectivity index (χ2n) is 7.30. The Kier molecular flexibility index (Phi) is 6.99. The van der Waals surface area contributed by atoms with Gasteiger partial charge in [0.2, 0.25) is 6.29 Å². The summed E-state index contributed by atoms with van der Waals surface area (Å²) in [5, 5.41) is 10.1. The van der Waals surface area contributed by atoms with Gasteiger partial charge in [0.05, 0.1) is 24.9 Å². The van der Waals surface area contributed by atoms with Crippen molar-refractivity contribution in [3.8, 4) is 0 Å². The summed E-state index contributed by atoms with van der Waals surface area (Å²) in [5.74, 6) is -0.374. The Bertz CT molecular complexity index is 542. The Morgan fingerprint density at radius 2 is 2.04 bits per heavy atom. The minimum atomic E-state index is -0.639. The third-order valence-electron chi connectivity index (χ3n) is 4.93. The number of benzene rings is 1. The van der Waals surface area contributed by atoms with Gasteiger partial charge in [-0.1, -0.05) is 51.1 Å². The quantitative estimate of drug-likeness (QED) is 0.763. The molecule has 1 aliphatic heterocycles. The molecule has 0 radical (unpaired) electrons. The Balaban J connectivity index is 2.11. The molecular weight excluding hydrogens is 320 g/mol. The van der Waals surface area contributed by atoms with E-state index in [4.69, 9.17) is 14.2 Å². The van der Waals surface area contributed by atoms with Crippen molar-refractivity contribution in [1.82, 2.24) is 0 Å². The molecule has 1 aliphatic rings. The van der Waals surface area contributed by atoms with Crippen molar-refractivity contribution in [3.63, 3.8) is 0 Å². The fraction of sp³-hybridized carbons (Fsp3) is 0.650. The fourth-order valence-electron chi connectivity index (χ4n) is 3.19. The van der Waals surface area contributed by atoms with E-state index < -0.39 is 12.4 Å². The summed E-state index contributed by atoms with van der Waals surface area (Å²) in [6.45, 7) is 7.97. The monoisotopic (exact) mass is 350 g/mol. The normalized spacial score (nSPS) is 26.8. The summed E-state index contributed by atoms with van der Waals surface area (Å²) >= 11 is 0. The summed E-state index contributed by atoms with van der Waals surface area (Å²) in [5.41, 5.74) is 0.792. The molecule has 1 saturated heterocycles. The van der Waals surface area contributed by atoms with Crippen LogP contribution in [0.2, 0.25) is 0 Å². The van der Waals surface area contributed by atoms with E-state index in [1.165, 1.54) is 6.92 Å². The van der Waals surface area contributed by atoms with Crippen LogP contribution in [0.4, 0.5) is 0 Å². The smallest absolute Gasteiger partial charge is 0.304 e. The summed E-state index contributed by atoms with van der Waals surface area (Å²) < 4.78 is 17.5.